The number of carbonyl (C=O) groups is 3. The van der Waals surface area contributed by atoms with Crippen LogP contribution in [0.15, 0.2) is 82.6 Å². The van der Waals surface area contributed by atoms with E-state index in [4.69, 9.17) is 4.18 Å². The number of hydrogen-bond acceptors (Lipinski definition) is 9. The molecule has 0 atom stereocenters. The van der Waals surface area contributed by atoms with E-state index in [9.17, 15) is 32.9 Å². The van der Waals surface area contributed by atoms with Crippen LogP contribution in [0.1, 0.15) is 18.1 Å². The first-order valence-corrected chi connectivity index (χ1v) is 13.2. The Labute approximate surface area is 221 Å². The van der Waals surface area contributed by atoms with Crippen LogP contribution in [0, 0.1) is 10.1 Å². The molecule has 13 heteroatoms. The van der Waals surface area contributed by atoms with Crippen molar-refractivity contribution < 1.29 is 31.9 Å². The number of non-ortho nitro benzene ring substituents is 1. The predicted octanol–water partition coefficient (Wildman–Crippen LogP) is 4.56. The first-order chi connectivity index (χ1) is 18.0. The molecule has 3 aromatic carbocycles. The summed E-state index contributed by atoms with van der Waals surface area (Å²) in [6.07, 6.45) is 1.37. The average molecular weight is 554 g/mol. The van der Waals surface area contributed by atoms with Gasteiger partial charge >= 0.3 is 10.1 Å². The van der Waals surface area contributed by atoms with E-state index < -0.39 is 26.2 Å². The van der Waals surface area contributed by atoms with Gasteiger partial charge in [-0.2, -0.15) is 8.42 Å². The van der Waals surface area contributed by atoms with E-state index in [1.165, 1.54) is 73.7 Å². The van der Waals surface area contributed by atoms with Gasteiger partial charge in [-0.15, -0.1) is 0 Å². The molecule has 1 saturated heterocycles. The van der Waals surface area contributed by atoms with Gasteiger partial charge in [0, 0.05) is 30.3 Å². The van der Waals surface area contributed by atoms with E-state index in [-0.39, 0.29) is 39.3 Å². The van der Waals surface area contributed by atoms with Crippen molar-refractivity contribution in [2.75, 3.05) is 5.32 Å². The lowest BCUT2D eigenvalue weighted by molar-refractivity contribution is -0.384. The van der Waals surface area contributed by atoms with Crippen molar-refractivity contribution in [2.24, 2.45) is 0 Å². The Kier molecular flexibility index (Phi) is 7.60. The number of nitro groups is 1. The Hall–Kier alpha value is -4.49. The van der Waals surface area contributed by atoms with Gasteiger partial charge in [0.15, 0.2) is 0 Å². The minimum absolute atomic E-state index is 0.0550. The van der Waals surface area contributed by atoms with Gasteiger partial charge in [-0.05, 0) is 53.7 Å². The summed E-state index contributed by atoms with van der Waals surface area (Å²) in [5.74, 6) is -0.951. The normalized spacial score (nSPS) is 14.6. The second-order valence-corrected chi connectivity index (χ2v) is 10.5. The molecule has 0 saturated carbocycles. The average Bonchev–Trinajstić information content (AvgIpc) is 3.12. The zero-order valence-corrected chi connectivity index (χ0v) is 21.3. The van der Waals surface area contributed by atoms with Crippen LogP contribution in [0.5, 0.6) is 5.75 Å². The van der Waals surface area contributed by atoms with Gasteiger partial charge in [0.05, 0.1) is 16.4 Å². The van der Waals surface area contributed by atoms with Crippen LogP contribution in [0.2, 0.25) is 0 Å². The van der Waals surface area contributed by atoms with E-state index in [1.54, 1.807) is 12.1 Å². The maximum absolute atomic E-state index is 12.9. The Morgan fingerprint density at radius 2 is 1.71 bits per heavy atom. The van der Waals surface area contributed by atoms with E-state index in [2.05, 4.69) is 5.32 Å². The van der Waals surface area contributed by atoms with E-state index in [0.29, 0.717) is 23.0 Å². The number of para-hydroxylation sites is 1. The maximum atomic E-state index is 12.9. The molecule has 1 aliphatic heterocycles. The van der Waals surface area contributed by atoms with Crippen molar-refractivity contribution in [3.05, 3.63) is 98.9 Å². The fourth-order valence-corrected chi connectivity index (χ4v) is 5.22. The van der Waals surface area contributed by atoms with Crippen molar-refractivity contribution in [1.29, 1.82) is 0 Å². The molecule has 0 spiro atoms. The molecule has 194 valence electrons. The third kappa shape index (κ3) is 6.07. The molecule has 38 heavy (non-hydrogen) atoms. The molecule has 1 aliphatic rings. The maximum Gasteiger partial charge on any atom is 0.339 e. The molecule has 3 aromatic rings. The Morgan fingerprint density at radius 1 is 1.05 bits per heavy atom. The molecule has 11 nitrogen and oxygen atoms in total. The van der Waals surface area contributed by atoms with Gasteiger partial charge in [-0.25, -0.2) is 0 Å². The lowest BCUT2D eigenvalue weighted by Crippen LogP contribution is -2.27. The number of nitrogens with zero attached hydrogens (tertiary/aromatic N) is 2. The topological polar surface area (TPSA) is 153 Å². The van der Waals surface area contributed by atoms with Gasteiger partial charge in [-0.1, -0.05) is 30.3 Å². The summed E-state index contributed by atoms with van der Waals surface area (Å²) in [7, 11) is -4.26. The standard InChI is InChI=1S/C25H19N3O8S2/c1-16(29)26-19-8-12-21(13-9-19)38(34,35)36-22-5-3-2-4-18(22)14-23-24(30)27(25(31)37-23)15-17-6-10-20(11-7-17)28(32)33/h2-14H,15H2,1H3,(H,26,29)/b23-14-. The fourth-order valence-electron chi connectivity index (χ4n) is 3.43. The third-order valence-corrected chi connectivity index (χ3v) is 7.39. The first kappa shape index (κ1) is 26.6. The number of carbonyl (C=O) groups excluding carboxylic acids is 3. The zero-order valence-electron chi connectivity index (χ0n) is 19.7. The van der Waals surface area contributed by atoms with Crippen LogP contribution < -0.4 is 9.50 Å². The molecule has 1 heterocycles. The van der Waals surface area contributed by atoms with Crippen LogP contribution in [0.25, 0.3) is 6.08 Å². The minimum Gasteiger partial charge on any atom is -0.378 e. The monoisotopic (exact) mass is 553 g/mol. The summed E-state index contributed by atoms with van der Waals surface area (Å²) in [5, 5.41) is 12.8. The van der Waals surface area contributed by atoms with Crippen LogP contribution in [0.3, 0.4) is 0 Å². The van der Waals surface area contributed by atoms with Gasteiger partial charge in [-0.3, -0.25) is 29.4 Å². The smallest absolute Gasteiger partial charge is 0.339 e. The second-order valence-electron chi connectivity index (χ2n) is 7.97. The molecule has 0 unspecified atom stereocenters. The first-order valence-electron chi connectivity index (χ1n) is 10.9. The van der Waals surface area contributed by atoms with Crippen molar-refractivity contribution >= 4 is 56.4 Å². The highest BCUT2D eigenvalue weighted by molar-refractivity contribution is 8.18. The Morgan fingerprint density at radius 3 is 2.34 bits per heavy atom. The molecular weight excluding hydrogens is 534 g/mol. The number of imide groups is 1. The molecular formula is C25H19N3O8S2. The van der Waals surface area contributed by atoms with Gasteiger partial charge in [0.25, 0.3) is 16.8 Å². The highest BCUT2D eigenvalue weighted by Crippen LogP contribution is 2.35. The Bertz CT molecular complexity index is 1570. The van der Waals surface area contributed by atoms with Crippen molar-refractivity contribution in [1.82, 2.24) is 4.90 Å². The number of hydrogen-bond donors (Lipinski definition) is 1. The van der Waals surface area contributed by atoms with Gasteiger partial charge < -0.3 is 9.50 Å². The summed E-state index contributed by atoms with van der Waals surface area (Å²) in [6, 6.07) is 17.0. The Balaban J connectivity index is 1.53. The molecule has 1 fully saturated rings. The number of amides is 3. The zero-order chi connectivity index (χ0) is 27.4. The quantitative estimate of drug-likeness (QED) is 0.183. The minimum atomic E-state index is -4.26. The number of anilines is 1. The fraction of sp³-hybridized carbons (Fsp3) is 0.0800. The lowest BCUT2D eigenvalue weighted by atomic mass is 10.1. The molecule has 0 aliphatic carbocycles. The number of nitrogens with one attached hydrogen (secondary N) is 1. The molecule has 0 radical (unpaired) electrons. The molecule has 3 amide bonds. The molecule has 0 aromatic heterocycles. The summed E-state index contributed by atoms with van der Waals surface area (Å²) < 4.78 is 31.0. The largest absolute Gasteiger partial charge is 0.378 e. The van der Waals surface area contributed by atoms with E-state index in [1.807, 2.05) is 0 Å². The lowest BCUT2D eigenvalue weighted by Gasteiger charge is -2.12. The number of thioether (sulfide) groups is 1. The highest BCUT2D eigenvalue weighted by atomic mass is 32.2. The van der Waals surface area contributed by atoms with Crippen molar-refractivity contribution in [2.45, 2.75) is 18.4 Å². The van der Waals surface area contributed by atoms with E-state index in [0.717, 1.165) is 4.90 Å². The van der Waals surface area contributed by atoms with Gasteiger partial charge in [0.1, 0.15) is 10.6 Å². The molecule has 0 bridgehead atoms. The number of benzene rings is 3. The summed E-state index contributed by atoms with van der Waals surface area (Å²) in [6.45, 7) is 1.25. The van der Waals surface area contributed by atoms with Crippen molar-refractivity contribution in [3.63, 3.8) is 0 Å². The molecule has 1 N–H and O–H groups in total. The van der Waals surface area contributed by atoms with Crippen LogP contribution >= 0.6 is 11.8 Å². The summed E-state index contributed by atoms with van der Waals surface area (Å²) in [4.78, 5) is 47.8. The number of nitro benzene ring substituents is 1. The van der Waals surface area contributed by atoms with Crippen LogP contribution in [0.4, 0.5) is 16.2 Å². The van der Waals surface area contributed by atoms with Crippen molar-refractivity contribution in [3.8, 4) is 5.75 Å². The molecule has 4 rings (SSSR count). The highest BCUT2D eigenvalue weighted by Gasteiger charge is 2.35. The van der Waals surface area contributed by atoms with Crippen LogP contribution in [-0.2, 0) is 26.3 Å². The predicted molar refractivity (Wildman–Crippen MR) is 140 cm³/mol. The number of rotatable bonds is 8. The summed E-state index contributed by atoms with van der Waals surface area (Å²) >= 11 is 0.684. The third-order valence-electron chi connectivity index (χ3n) is 5.23. The van der Waals surface area contributed by atoms with E-state index >= 15 is 0 Å². The van der Waals surface area contributed by atoms with Gasteiger partial charge in [0.2, 0.25) is 5.91 Å². The summed E-state index contributed by atoms with van der Waals surface area (Å²) in [5.41, 5.74) is 1.09. The SMILES string of the molecule is CC(=O)Nc1ccc(S(=O)(=O)Oc2ccccc2/C=C2\SC(=O)N(Cc3ccc([N+](=O)[O-])cc3)C2=O)cc1. The van der Waals surface area contributed by atoms with Crippen LogP contribution in [-0.4, -0.2) is 35.3 Å². The second kappa shape index (κ2) is 10.9.